The number of nitrogens with two attached hydrogens (primary N) is 1. The Kier molecular flexibility index (Phi) is 4.29. The van der Waals surface area contributed by atoms with Crippen LogP contribution >= 0.6 is 27.5 Å². The Hall–Kier alpha value is -0.900. The van der Waals surface area contributed by atoms with Crippen molar-refractivity contribution in [2.45, 2.75) is 18.9 Å². The highest BCUT2D eigenvalue weighted by Crippen LogP contribution is 2.26. The van der Waals surface area contributed by atoms with E-state index in [1.54, 1.807) is 12.1 Å². The Labute approximate surface area is 125 Å². The lowest BCUT2D eigenvalue weighted by Crippen LogP contribution is -2.35. The maximum atomic E-state index is 13.1. The molecule has 2 rings (SSSR count). The molecule has 0 saturated carbocycles. The fraction of sp³-hybridized carbons (Fsp3) is 0.200. The zero-order valence-electron chi connectivity index (χ0n) is 10.5. The van der Waals surface area contributed by atoms with E-state index in [-0.39, 0.29) is 5.02 Å². The molecule has 0 fully saturated rings. The molecule has 0 aliphatic rings. The van der Waals surface area contributed by atoms with Gasteiger partial charge >= 0.3 is 0 Å². The first-order valence-corrected chi connectivity index (χ1v) is 7.04. The van der Waals surface area contributed by atoms with Crippen LogP contribution in [0.25, 0.3) is 0 Å². The van der Waals surface area contributed by atoms with Gasteiger partial charge in [0, 0.05) is 10.0 Å². The van der Waals surface area contributed by atoms with Gasteiger partial charge in [-0.05, 0) is 48.7 Å². The Morgan fingerprint density at radius 2 is 1.84 bits per heavy atom. The lowest BCUT2D eigenvalue weighted by Gasteiger charge is -2.25. The van der Waals surface area contributed by atoms with Crippen molar-refractivity contribution in [1.82, 2.24) is 0 Å². The SMILES string of the molecule is CC(N)(Cc1ccc(F)c(Cl)c1)c1ccc(Br)cc1. The van der Waals surface area contributed by atoms with Gasteiger partial charge < -0.3 is 5.73 Å². The van der Waals surface area contributed by atoms with Gasteiger partial charge in [0.15, 0.2) is 0 Å². The van der Waals surface area contributed by atoms with Gasteiger partial charge in [0.05, 0.1) is 5.02 Å². The molecule has 1 nitrogen and oxygen atoms in total. The zero-order valence-corrected chi connectivity index (χ0v) is 12.8. The third kappa shape index (κ3) is 3.56. The van der Waals surface area contributed by atoms with E-state index in [1.807, 2.05) is 31.2 Å². The molecule has 0 saturated heterocycles. The van der Waals surface area contributed by atoms with Crippen molar-refractivity contribution in [1.29, 1.82) is 0 Å². The Morgan fingerprint density at radius 3 is 2.42 bits per heavy atom. The molecule has 0 aliphatic carbocycles. The molecule has 0 aromatic heterocycles. The fourth-order valence-corrected chi connectivity index (χ4v) is 2.47. The molecule has 100 valence electrons. The average Bonchev–Trinajstić information content (AvgIpc) is 2.34. The van der Waals surface area contributed by atoms with Crippen LogP contribution < -0.4 is 5.73 Å². The van der Waals surface area contributed by atoms with Gasteiger partial charge in [-0.1, -0.05) is 45.7 Å². The second kappa shape index (κ2) is 5.61. The van der Waals surface area contributed by atoms with E-state index in [4.69, 9.17) is 17.3 Å². The normalized spacial score (nSPS) is 14.2. The highest BCUT2D eigenvalue weighted by atomic mass is 79.9. The number of hydrogen-bond donors (Lipinski definition) is 1. The summed E-state index contributed by atoms with van der Waals surface area (Å²) in [5, 5.41) is 0.129. The van der Waals surface area contributed by atoms with Crippen molar-refractivity contribution in [2.75, 3.05) is 0 Å². The highest BCUT2D eigenvalue weighted by molar-refractivity contribution is 9.10. The fourth-order valence-electron chi connectivity index (χ4n) is 2.01. The quantitative estimate of drug-likeness (QED) is 0.862. The smallest absolute Gasteiger partial charge is 0.141 e. The van der Waals surface area contributed by atoms with Crippen molar-refractivity contribution in [3.8, 4) is 0 Å². The van der Waals surface area contributed by atoms with Crippen LogP contribution in [0.5, 0.6) is 0 Å². The molecule has 0 aliphatic heterocycles. The molecule has 0 heterocycles. The number of halogens is 3. The minimum absolute atomic E-state index is 0.129. The summed E-state index contributed by atoms with van der Waals surface area (Å²) in [5.74, 6) is -0.409. The first-order chi connectivity index (χ1) is 8.88. The molecule has 2 aromatic carbocycles. The molecule has 19 heavy (non-hydrogen) atoms. The van der Waals surface area contributed by atoms with E-state index in [0.29, 0.717) is 6.42 Å². The number of rotatable bonds is 3. The minimum Gasteiger partial charge on any atom is -0.321 e. The third-order valence-electron chi connectivity index (χ3n) is 3.06. The topological polar surface area (TPSA) is 26.0 Å². The van der Waals surface area contributed by atoms with Crippen molar-refractivity contribution in [2.24, 2.45) is 5.73 Å². The van der Waals surface area contributed by atoms with Crippen LogP contribution in [0.1, 0.15) is 18.1 Å². The van der Waals surface area contributed by atoms with Gasteiger partial charge in [-0.2, -0.15) is 0 Å². The molecule has 1 unspecified atom stereocenters. The summed E-state index contributed by atoms with van der Waals surface area (Å²) < 4.78 is 14.1. The predicted molar refractivity (Wildman–Crippen MR) is 80.8 cm³/mol. The summed E-state index contributed by atoms with van der Waals surface area (Å²) in [7, 11) is 0. The minimum atomic E-state index is -0.526. The summed E-state index contributed by atoms with van der Waals surface area (Å²) in [5.41, 5.74) is 7.77. The molecule has 0 bridgehead atoms. The van der Waals surface area contributed by atoms with Crippen molar-refractivity contribution in [3.63, 3.8) is 0 Å². The molecular weight excluding hydrogens is 329 g/mol. The van der Waals surface area contributed by atoms with Crippen LogP contribution in [0, 0.1) is 5.82 Å². The van der Waals surface area contributed by atoms with Gasteiger partial charge in [-0.15, -0.1) is 0 Å². The molecule has 4 heteroatoms. The molecule has 2 N–H and O–H groups in total. The largest absolute Gasteiger partial charge is 0.321 e. The van der Waals surface area contributed by atoms with Crippen LogP contribution in [0.4, 0.5) is 4.39 Å². The van der Waals surface area contributed by atoms with Crippen LogP contribution in [-0.4, -0.2) is 0 Å². The van der Waals surface area contributed by atoms with E-state index < -0.39 is 11.4 Å². The lowest BCUT2D eigenvalue weighted by atomic mass is 9.87. The second-order valence-electron chi connectivity index (χ2n) is 4.85. The van der Waals surface area contributed by atoms with Gasteiger partial charge in [0.1, 0.15) is 5.82 Å². The highest BCUT2D eigenvalue weighted by Gasteiger charge is 2.22. The summed E-state index contributed by atoms with van der Waals surface area (Å²) in [4.78, 5) is 0. The molecule has 2 aromatic rings. The first kappa shape index (κ1) is 14.5. The van der Waals surface area contributed by atoms with E-state index >= 15 is 0 Å². The standard InChI is InChI=1S/C15H14BrClFN/c1-15(19,11-3-5-12(16)6-4-11)9-10-2-7-14(18)13(17)8-10/h2-8H,9,19H2,1H3. The van der Waals surface area contributed by atoms with Crippen LogP contribution in [-0.2, 0) is 12.0 Å². The first-order valence-electron chi connectivity index (χ1n) is 5.87. The van der Waals surface area contributed by atoms with Gasteiger partial charge in [0.25, 0.3) is 0 Å². The van der Waals surface area contributed by atoms with Crippen LogP contribution in [0.15, 0.2) is 46.9 Å². The Morgan fingerprint density at radius 1 is 1.21 bits per heavy atom. The molecule has 1 atom stereocenters. The number of benzene rings is 2. The molecule has 0 amide bonds. The molecule has 0 radical (unpaired) electrons. The summed E-state index contributed by atoms with van der Waals surface area (Å²) in [6, 6.07) is 12.6. The monoisotopic (exact) mass is 341 g/mol. The van der Waals surface area contributed by atoms with Crippen molar-refractivity contribution < 1.29 is 4.39 Å². The average molecular weight is 343 g/mol. The van der Waals surface area contributed by atoms with Gasteiger partial charge in [0.2, 0.25) is 0 Å². The van der Waals surface area contributed by atoms with Crippen LogP contribution in [0.3, 0.4) is 0 Å². The molecular formula is C15H14BrClFN. The Bertz CT molecular complexity index is 581. The van der Waals surface area contributed by atoms with Gasteiger partial charge in [-0.25, -0.2) is 4.39 Å². The predicted octanol–water partition coefficient (Wildman–Crippen LogP) is 4.66. The summed E-state index contributed by atoms with van der Waals surface area (Å²) in [6.07, 6.45) is 0.592. The lowest BCUT2D eigenvalue weighted by molar-refractivity contribution is 0.490. The maximum Gasteiger partial charge on any atom is 0.141 e. The summed E-state index contributed by atoms with van der Waals surface area (Å²) in [6.45, 7) is 1.95. The van der Waals surface area contributed by atoms with E-state index in [1.165, 1.54) is 6.07 Å². The van der Waals surface area contributed by atoms with Gasteiger partial charge in [-0.3, -0.25) is 0 Å². The zero-order chi connectivity index (χ0) is 14.0. The van der Waals surface area contributed by atoms with E-state index in [0.717, 1.165) is 15.6 Å². The van der Waals surface area contributed by atoms with E-state index in [2.05, 4.69) is 15.9 Å². The Balaban J connectivity index is 2.25. The second-order valence-corrected chi connectivity index (χ2v) is 6.17. The van der Waals surface area contributed by atoms with Crippen molar-refractivity contribution in [3.05, 3.63) is 68.9 Å². The molecule has 0 spiro atoms. The third-order valence-corrected chi connectivity index (χ3v) is 3.88. The van der Waals surface area contributed by atoms with Crippen molar-refractivity contribution >= 4 is 27.5 Å². The van der Waals surface area contributed by atoms with E-state index in [9.17, 15) is 4.39 Å². The number of hydrogen-bond acceptors (Lipinski definition) is 1. The maximum absolute atomic E-state index is 13.1. The van der Waals surface area contributed by atoms with Crippen LogP contribution in [0.2, 0.25) is 5.02 Å². The summed E-state index contributed by atoms with van der Waals surface area (Å²) >= 11 is 9.18.